The number of para-hydroxylation sites is 2. The van der Waals surface area contributed by atoms with E-state index in [1.807, 2.05) is 0 Å². The summed E-state index contributed by atoms with van der Waals surface area (Å²) in [6.07, 6.45) is 0. The van der Waals surface area contributed by atoms with Crippen LogP contribution in [0.15, 0.2) is 59.5 Å². The highest BCUT2D eigenvalue weighted by Gasteiger charge is 2.34. The van der Waals surface area contributed by atoms with E-state index in [0.29, 0.717) is 5.75 Å². The Bertz CT molecular complexity index is 793. The fraction of sp³-hybridized carbons (Fsp3) is 0.188. The van der Waals surface area contributed by atoms with Gasteiger partial charge in [-0.1, -0.05) is 30.3 Å². The number of anilines is 1. The minimum atomic E-state index is -3.98. The van der Waals surface area contributed by atoms with Crippen LogP contribution in [0.5, 0.6) is 5.75 Å². The summed E-state index contributed by atoms with van der Waals surface area (Å²) in [4.78, 5) is 11.7. The number of sulfonamides is 1. The smallest absolute Gasteiger partial charge is 0.265 e. The van der Waals surface area contributed by atoms with Gasteiger partial charge >= 0.3 is 0 Å². The Kier molecular flexibility index (Phi) is 5.28. The molecule has 0 aliphatic heterocycles. The molecule has 0 spiro atoms. The van der Waals surface area contributed by atoms with Gasteiger partial charge in [0.1, 0.15) is 11.8 Å². The summed E-state index contributed by atoms with van der Waals surface area (Å²) in [5.41, 5.74) is 0.250. The molecule has 1 unspecified atom stereocenters. The van der Waals surface area contributed by atoms with Gasteiger partial charge in [0.15, 0.2) is 0 Å². The molecule has 7 heteroatoms. The molecule has 0 saturated heterocycles. The molecule has 0 aromatic heterocycles. The van der Waals surface area contributed by atoms with Gasteiger partial charge in [-0.05, 0) is 42.8 Å². The Morgan fingerprint density at radius 1 is 1.09 bits per heavy atom. The van der Waals surface area contributed by atoms with Crippen LogP contribution >= 0.6 is 11.6 Å². The third-order valence-electron chi connectivity index (χ3n) is 3.30. The van der Waals surface area contributed by atoms with E-state index in [0.717, 1.165) is 4.31 Å². The van der Waals surface area contributed by atoms with Crippen LogP contribution in [0.25, 0.3) is 0 Å². The number of benzene rings is 2. The lowest BCUT2D eigenvalue weighted by atomic mass is 10.2. The highest BCUT2D eigenvalue weighted by molar-refractivity contribution is 7.93. The normalized spacial score (nSPS) is 12.5. The molecular weight excluding hydrogens is 338 g/mol. The molecule has 122 valence electrons. The fourth-order valence-electron chi connectivity index (χ4n) is 2.16. The lowest BCUT2D eigenvalue weighted by Gasteiger charge is -2.29. The van der Waals surface area contributed by atoms with E-state index in [1.54, 1.807) is 42.5 Å². The number of methoxy groups -OCH3 is 1. The van der Waals surface area contributed by atoms with E-state index in [1.165, 1.54) is 26.2 Å². The Labute approximate surface area is 140 Å². The largest absolute Gasteiger partial charge is 0.495 e. The van der Waals surface area contributed by atoms with Crippen molar-refractivity contribution < 1.29 is 17.9 Å². The summed E-state index contributed by atoms with van der Waals surface area (Å²) >= 11 is 5.58. The van der Waals surface area contributed by atoms with Gasteiger partial charge in [-0.2, -0.15) is 0 Å². The Morgan fingerprint density at radius 3 is 2.22 bits per heavy atom. The molecule has 0 amide bonds. The summed E-state index contributed by atoms with van der Waals surface area (Å²) in [5, 5.41) is -0.782. The van der Waals surface area contributed by atoms with Crippen molar-refractivity contribution in [3.05, 3.63) is 54.6 Å². The summed E-state index contributed by atoms with van der Waals surface area (Å²) in [5.74, 6) is 0.330. The van der Waals surface area contributed by atoms with Gasteiger partial charge in [-0.25, -0.2) is 8.42 Å². The molecule has 2 aromatic rings. The first-order valence-electron chi connectivity index (χ1n) is 6.81. The number of halogens is 1. The highest BCUT2D eigenvalue weighted by atomic mass is 35.5. The molecular formula is C16H16ClNO4S. The van der Waals surface area contributed by atoms with Gasteiger partial charge in [-0.3, -0.25) is 9.10 Å². The number of hydrogen-bond donors (Lipinski definition) is 0. The first-order valence-corrected chi connectivity index (χ1v) is 8.63. The van der Waals surface area contributed by atoms with Crippen molar-refractivity contribution in [2.75, 3.05) is 11.4 Å². The van der Waals surface area contributed by atoms with Crippen LogP contribution in [-0.2, 0) is 14.8 Å². The fourth-order valence-corrected chi connectivity index (χ4v) is 3.96. The predicted molar refractivity (Wildman–Crippen MR) is 89.4 cm³/mol. The quantitative estimate of drug-likeness (QED) is 0.749. The Balaban J connectivity index is 2.67. The molecule has 0 N–H and O–H groups in total. The van der Waals surface area contributed by atoms with Crippen molar-refractivity contribution in [1.82, 2.24) is 0 Å². The van der Waals surface area contributed by atoms with Crippen molar-refractivity contribution in [3.8, 4) is 5.75 Å². The van der Waals surface area contributed by atoms with E-state index >= 15 is 0 Å². The third-order valence-corrected chi connectivity index (χ3v) is 5.52. The van der Waals surface area contributed by atoms with Gasteiger partial charge in [-0.15, -0.1) is 0 Å². The van der Waals surface area contributed by atoms with E-state index in [-0.39, 0.29) is 10.6 Å². The van der Waals surface area contributed by atoms with Gasteiger partial charge in [0.25, 0.3) is 10.0 Å². The SMILES string of the molecule is COc1ccccc1N(C(C)C(=O)Cl)S(=O)(=O)c1ccccc1. The molecule has 0 heterocycles. The number of rotatable bonds is 6. The number of hydrogen-bond acceptors (Lipinski definition) is 4. The maximum Gasteiger partial charge on any atom is 0.265 e. The van der Waals surface area contributed by atoms with E-state index in [9.17, 15) is 13.2 Å². The van der Waals surface area contributed by atoms with Crippen LogP contribution < -0.4 is 9.04 Å². The predicted octanol–water partition coefficient (Wildman–Crippen LogP) is 3.04. The van der Waals surface area contributed by atoms with Gasteiger partial charge in [0.05, 0.1) is 17.7 Å². The summed E-state index contributed by atoms with van der Waals surface area (Å²) < 4.78 is 32.2. The molecule has 0 aliphatic rings. The average molecular weight is 354 g/mol. The first kappa shape index (κ1) is 17.3. The lowest BCUT2D eigenvalue weighted by Crippen LogP contribution is -2.42. The van der Waals surface area contributed by atoms with Crippen LogP contribution in [0.3, 0.4) is 0 Å². The highest BCUT2D eigenvalue weighted by Crippen LogP contribution is 2.34. The third kappa shape index (κ3) is 3.48. The minimum absolute atomic E-state index is 0.0654. The number of carbonyl (C=O) groups excluding carboxylic acids is 1. The molecule has 5 nitrogen and oxygen atoms in total. The molecule has 2 aromatic carbocycles. The molecule has 23 heavy (non-hydrogen) atoms. The molecule has 0 fully saturated rings. The maximum atomic E-state index is 13.0. The van der Waals surface area contributed by atoms with Crippen molar-refractivity contribution in [2.24, 2.45) is 0 Å². The minimum Gasteiger partial charge on any atom is -0.495 e. The standard InChI is InChI=1S/C16H16ClNO4S/c1-12(16(17)19)18(14-10-6-7-11-15(14)22-2)23(20,21)13-8-4-3-5-9-13/h3-12H,1-2H3. The van der Waals surface area contributed by atoms with Crippen LogP contribution in [-0.4, -0.2) is 26.8 Å². The molecule has 0 radical (unpaired) electrons. The van der Waals surface area contributed by atoms with Crippen molar-refractivity contribution in [3.63, 3.8) is 0 Å². The summed E-state index contributed by atoms with van der Waals surface area (Å²) in [6.45, 7) is 1.43. The number of ether oxygens (including phenoxy) is 1. The first-order chi connectivity index (χ1) is 10.9. The molecule has 2 rings (SSSR count). The molecule has 0 aliphatic carbocycles. The summed E-state index contributed by atoms with van der Waals surface area (Å²) in [7, 11) is -2.55. The van der Waals surface area contributed by atoms with Crippen molar-refractivity contribution in [1.29, 1.82) is 0 Å². The zero-order valence-electron chi connectivity index (χ0n) is 12.6. The molecule has 0 bridgehead atoms. The lowest BCUT2D eigenvalue weighted by molar-refractivity contribution is -0.112. The monoisotopic (exact) mass is 353 g/mol. The number of nitrogens with zero attached hydrogens (tertiary/aromatic N) is 1. The van der Waals surface area contributed by atoms with E-state index in [2.05, 4.69) is 0 Å². The van der Waals surface area contributed by atoms with Crippen LogP contribution in [0.1, 0.15) is 6.92 Å². The van der Waals surface area contributed by atoms with Crippen molar-refractivity contribution in [2.45, 2.75) is 17.9 Å². The molecule has 0 saturated carbocycles. The van der Waals surface area contributed by atoms with Crippen LogP contribution in [0.2, 0.25) is 0 Å². The average Bonchev–Trinajstić information content (AvgIpc) is 2.56. The van der Waals surface area contributed by atoms with Gasteiger partial charge < -0.3 is 4.74 Å². The van der Waals surface area contributed by atoms with E-state index in [4.69, 9.17) is 16.3 Å². The topological polar surface area (TPSA) is 63.7 Å². The van der Waals surface area contributed by atoms with Crippen LogP contribution in [0, 0.1) is 0 Å². The second-order valence-corrected chi connectivity index (χ2v) is 6.95. The van der Waals surface area contributed by atoms with Crippen LogP contribution in [0.4, 0.5) is 5.69 Å². The maximum absolute atomic E-state index is 13.0. The second-order valence-electron chi connectivity index (χ2n) is 4.77. The van der Waals surface area contributed by atoms with Gasteiger partial charge in [0.2, 0.25) is 5.24 Å². The number of carbonyl (C=O) groups is 1. The zero-order valence-corrected chi connectivity index (χ0v) is 14.2. The van der Waals surface area contributed by atoms with E-state index < -0.39 is 21.3 Å². The zero-order chi connectivity index (χ0) is 17.0. The Morgan fingerprint density at radius 2 is 1.65 bits per heavy atom. The van der Waals surface area contributed by atoms with Gasteiger partial charge in [0, 0.05) is 0 Å². The Hall–Kier alpha value is -2.05. The summed E-state index contributed by atoms with van der Waals surface area (Å²) in [6, 6.07) is 13.3. The van der Waals surface area contributed by atoms with Crippen molar-refractivity contribution >= 4 is 32.6 Å². The second kappa shape index (κ2) is 7.02. The molecule has 1 atom stereocenters.